The van der Waals surface area contributed by atoms with E-state index in [0.29, 0.717) is 23.0 Å². The van der Waals surface area contributed by atoms with Crippen molar-refractivity contribution >= 4 is 11.9 Å². The molecule has 0 atom stereocenters. The van der Waals surface area contributed by atoms with Gasteiger partial charge in [0.15, 0.2) is 5.76 Å². The van der Waals surface area contributed by atoms with Gasteiger partial charge in [0.1, 0.15) is 29.8 Å². The molecule has 3 rings (SSSR count). The van der Waals surface area contributed by atoms with E-state index in [4.69, 9.17) is 13.9 Å². The molecule has 0 aliphatic rings. The molecule has 0 amide bonds. The Kier molecular flexibility index (Phi) is 7.44. The van der Waals surface area contributed by atoms with Crippen LogP contribution in [-0.4, -0.2) is 11.9 Å². The molecule has 1 aromatic heterocycles. The number of benzene rings is 2. The van der Waals surface area contributed by atoms with Crippen LogP contribution in [0, 0.1) is 11.8 Å². The highest BCUT2D eigenvalue weighted by Crippen LogP contribution is 2.24. The summed E-state index contributed by atoms with van der Waals surface area (Å²) in [6.07, 6.45) is 4.55. The molecule has 0 fully saturated rings. The van der Waals surface area contributed by atoms with E-state index in [1.165, 1.54) is 6.26 Å². The molecular formula is C26H18O6. The second kappa shape index (κ2) is 10.9. The van der Waals surface area contributed by atoms with Gasteiger partial charge in [-0.05, 0) is 66.6 Å². The molecule has 0 radical (unpaired) electrons. The number of ether oxygens (including phenoxy) is 3. The summed E-state index contributed by atoms with van der Waals surface area (Å²) in [5.41, 5.74) is 1.59. The maximum absolute atomic E-state index is 11.2. The van der Waals surface area contributed by atoms with Crippen LogP contribution in [-0.2, 0) is 14.3 Å². The van der Waals surface area contributed by atoms with Crippen molar-refractivity contribution in [2.45, 2.75) is 0 Å². The molecule has 2 aromatic carbocycles. The van der Waals surface area contributed by atoms with Gasteiger partial charge in [-0.15, -0.1) is 0 Å². The van der Waals surface area contributed by atoms with Crippen LogP contribution in [0.4, 0.5) is 0 Å². The number of esters is 2. The normalized spacial score (nSPS) is 10.0. The monoisotopic (exact) mass is 426 g/mol. The zero-order valence-electron chi connectivity index (χ0n) is 16.9. The van der Waals surface area contributed by atoms with Gasteiger partial charge in [0.05, 0.1) is 0 Å². The summed E-state index contributed by atoms with van der Waals surface area (Å²) in [5, 5.41) is 0. The maximum atomic E-state index is 11.2. The van der Waals surface area contributed by atoms with Crippen molar-refractivity contribution in [2.24, 2.45) is 0 Å². The molecule has 3 aromatic rings. The minimum atomic E-state index is -0.567. The van der Waals surface area contributed by atoms with E-state index in [9.17, 15) is 9.59 Å². The molecule has 6 nitrogen and oxygen atoms in total. The Balaban J connectivity index is 1.60. The molecule has 0 bridgehead atoms. The fourth-order valence-corrected chi connectivity index (χ4v) is 2.41. The van der Waals surface area contributed by atoms with E-state index in [1.807, 2.05) is 18.2 Å². The molecule has 6 heteroatoms. The second-order valence-electron chi connectivity index (χ2n) is 6.12. The van der Waals surface area contributed by atoms with Crippen molar-refractivity contribution in [3.05, 3.63) is 110 Å². The zero-order valence-corrected chi connectivity index (χ0v) is 16.9. The fraction of sp³-hybridized carbons (Fsp3) is 0. The van der Waals surface area contributed by atoms with Crippen LogP contribution in [0.5, 0.6) is 11.5 Å². The van der Waals surface area contributed by atoms with Crippen LogP contribution in [0.3, 0.4) is 0 Å². The number of carbonyl (C=O) groups is 2. The molecule has 0 saturated carbocycles. The average molecular weight is 426 g/mol. The van der Waals surface area contributed by atoms with Gasteiger partial charge in [-0.3, -0.25) is 0 Å². The van der Waals surface area contributed by atoms with Crippen LogP contribution >= 0.6 is 0 Å². The van der Waals surface area contributed by atoms with Crippen LogP contribution in [0.15, 0.2) is 103 Å². The van der Waals surface area contributed by atoms with Crippen molar-refractivity contribution in [1.29, 1.82) is 0 Å². The largest absolute Gasteiger partial charge is 0.462 e. The van der Waals surface area contributed by atoms with Gasteiger partial charge in [0.2, 0.25) is 0 Å². The van der Waals surface area contributed by atoms with Crippen LogP contribution in [0.25, 0.3) is 11.3 Å². The lowest BCUT2D eigenvalue weighted by Crippen LogP contribution is -2.02. The Morgan fingerprint density at radius 3 is 2.16 bits per heavy atom. The minimum Gasteiger partial charge on any atom is -0.462 e. The first-order valence-corrected chi connectivity index (χ1v) is 9.38. The number of rotatable bonds is 7. The molecule has 0 N–H and O–H groups in total. The van der Waals surface area contributed by atoms with Crippen molar-refractivity contribution < 1.29 is 28.2 Å². The predicted octanol–water partition coefficient (Wildman–Crippen LogP) is 5.02. The average Bonchev–Trinajstić information content (AvgIpc) is 3.30. The van der Waals surface area contributed by atoms with E-state index in [-0.39, 0.29) is 0 Å². The third-order valence-corrected chi connectivity index (χ3v) is 3.92. The number of carbonyl (C=O) groups excluding carboxylic acids is 2. The number of hydrogen-bond acceptors (Lipinski definition) is 6. The maximum Gasteiger partial charge on any atom is 0.335 e. The van der Waals surface area contributed by atoms with E-state index in [0.717, 1.165) is 29.5 Å². The van der Waals surface area contributed by atoms with Crippen molar-refractivity contribution in [2.75, 3.05) is 0 Å². The third-order valence-electron chi connectivity index (χ3n) is 3.92. The molecular weight excluding hydrogens is 408 g/mol. The highest BCUT2D eigenvalue weighted by molar-refractivity contribution is 5.83. The van der Waals surface area contributed by atoms with Crippen LogP contribution < -0.4 is 9.47 Å². The predicted molar refractivity (Wildman–Crippen MR) is 118 cm³/mol. The Labute approximate surface area is 185 Å². The lowest BCUT2D eigenvalue weighted by molar-refractivity contribution is -0.132. The summed E-state index contributed by atoms with van der Waals surface area (Å²) >= 11 is 0. The second-order valence-corrected chi connectivity index (χ2v) is 6.12. The van der Waals surface area contributed by atoms with E-state index >= 15 is 0 Å². The Bertz CT molecular complexity index is 1200. The Morgan fingerprint density at radius 2 is 1.47 bits per heavy atom. The van der Waals surface area contributed by atoms with Gasteiger partial charge < -0.3 is 18.6 Å². The molecule has 0 aliphatic heterocycles. The van der Waals surface area contributed by atoms with Gasteiger partial charge in [-0.2, -0.15) is 0 Å². The summed E-state index contributed by atoms with van der Waals surface area (Å²) in [7, 11) is 0. The highest BCUT2D eigenvalue weighted by atomic mass is 16.5. The third kappa shape index (κ3) is 6.37. The summed E-state index contributed by atoms with van der Waals surface area (Å²) < 4.78 is 20.8. The van der Waals surface area contributed by atoms with Gasteiger partial charge in [0.25, 0.3) is 0 Å². The first-order chi connectivity index (χ1) is 15.6. The van der Waals surface area contributed by atoms with Crippen molar-refractivity contribution in [3.8, 4) is 34.7 Å². The fourth-order valence-electron chi connectivity index (χ4n) is 2.41. The molecule has 158 valence electrons. The first kappa shape index (κ1) is 21.9. The van der Waals surface area contributed by atoms with E-state index in [2.05, 4.69) is 29.7 Å². The molecule has 32 heavy (non-hydrogen) atoms. The van der Waals surface area contributed by atoms with E-state index in [1.54, 1.807) is 42.5 Å². The van der Waals surface area contributed by atoms with Crippen LogP contribution in [0.2, 0.25) is 0 Å². The lowest BCUT2D eigenvalue weighted by Gasteiger charge is -2.01. The summed E-state index contributed by atoms with van der Waals surface area (Å²) in [4.78, 5) is 22.1. The number of hydrogen-bond donors (Lipinski definition) is 0. The standard InChI is InChI=1S/C26H18O6/c1-3-25(27)30-18-17-29-21-13-8-20(9-14-21)24-16-15-22(31-24)10-5-19-6-11-23(12-7-19)32-26(28)4-2/h3-4,6-9,11-18H,1-2H2/b18-17-. The quantitative estimate of drug-likeness (QED) is 0.174. The molecule has 1 heterocycles. The van der Waals surface area contributed by atoms with Crippen molar-refractivity contribution in [3.63, 3.8) is 0 Å². The molecule has 0 unspecified atom stereocenters. The van der Waals surface area contributed by atoms with Crippen molar-refractivity contribution in [1.82, 2.24) is 0 Å². The zero-order chi connectivity index (χ0) is 22.8. The molecule has 0 aliphatic carbocycles. The lowest BCUT2D eigenvalue weighted by atomic mass is 10.2. The smallest absolute Gasteiger partial charge is 0.335 e. The Morgan fingerprint density at radius 1 is 0.781 bits per heavy atom. The Hall–Kier alpha value is -4.76. The first-order valence-electron chi connectivity index (χ1n) is 9.38. The van der Waals surface area contributed by atoms with Gasteiger partial charge in [-0.25, -0.2) is 9.59 Å². The SMILES string of the molecule is C=CC(=O)O/C=C\Oc1ccc(-c2ccc(C#Cc3ccc(OC(=O)C=C)cc3)o2)cc1. The van der Waals surface area contributed by atoms with Gasteiger partial charge in [0, 0.05) is 23.3 Å². The van der Waals surface area contributed by atoms with Gasteiger partial charge in [-0.1, -0.05) is 19.1 Å². The van der Waals surface area contributed by atoms with E-state index < -0.39 is 11.9 Å². The van der Waals surface area contributed by atoms with Gasteiger partial charge >= 0.3 is 11.9 Å². The summed E-state index contributed by atoms with van der Waals surface area (Å²) in [6.45, 7) is 6.65. The highest BCUT2D eigenvalue weighted by Gasteiger charge is 2.04. The molecule has 0 spiro atoms. The summed E-state index contributed by atoms with van der Waals surface area (Å²) in [5.74, 6) is 7.02. The minimum absolute atomic E-state index is 0.418. The topological polar surface area (TPSA) is 75.0 Å². The summed E-state index contributed by atoms with van der Waals surface area (Å²) in [6, 6.07) is 17.6. The number of furan rings is 1. The molecule has 0 saturated heterocycles. The van der Waals surface area contributed by atoms with Crippen LogP contribution in [0.1, 0.15) is 11.3 Å².